The lowest BCUT2D eigenvalue weighted by molar-refractivity contribution is 0.616. The van der Waals surface area contributed by atoms with Gasteiger partial charge in [-0.1, -0.05) is 0 Å². The Kier molecular flexibility index (Phi) is 3.81. The van der Waals surface area contributed by atoms with Crippen LogP contribution in [0.3, 0.4) is 0 Å². The van der Waals surface area contributed by atoms with E-state index in [2.05, 4.69) is 10.4 Å². The Morgan fingerprint density at radius 2 is 2.21 bits per heavy atom. The first-order valence-electron chi connectivity index (χ1n) is 6.11. The number of rotatable bonds is 4. The molecule has 2 aromatic rings. The average Bonchev–Trinajstić information content (AvgIpc) is 2.77. The summed E-state index contributed by atoms with van der Waals surface area (Å²) in [5.74, 6) is -0.418. The number of hydrogen-bond donors (Lipinski definition) is 1. The number of nitriles is 1. The minimum Gasteiger partial charge on any atom is -0.377 e. The average molecular weight is 258 g/mol. The van der Waals surface area contributed by atoms with Crippen molar-refractivity contribution in [3.05, 3.63) is 47.0 Å². The highest BCUT2D eigenvalue weighted by Crippen LogP contribution is 2.16. The van der Waals surface area contributed by atoms with E-state index in [4.69, 9.17) is 5.26 Å². The first-order chi connectivity index (χ1) is 9.13. The van der Waals surface area contributed by atoms with E-state index in [1.807, 2.05) is 30.7 Å². The lowest BCUT2D eigenvalue weighted by Crippen LogP contribution is -2.08. The van der Waals surface area contributed by atoms with Gasteiger partial charge in [-0.3, -0.25) is 4.68 Å². The normalized spacial score (nSPS) is 10.2. The van der Waals surface area contributed by atoms with Crippen LogP contribution in [0.2, 0.25) is 0 Å². The van der Waals surface area contributed by atoms with Gasteiger partial charge in [0.1, 0.15) is 5.82 Å². The van der Waals surface area contributed by atoms with Crippen LogP contribution in [0.25, 0.3) is 0 Å². The van der Waals surface area contributed by atoms with Crippen molar-refractivity contribution in [3.8, 4) is 6.07 Å². The van der Waals surface area contributed by atoms with Crippen LogP contribution in [0.15, 0.2) is 24.3 Å². The third kappa shape index (κ3) is 2.91. The molecule has 0 radical (unpaired) electrons. The van der Waals surface area contributed by atoms with Gasteiger partial charge >= 0.3 is 0 Å². The van der Waals surface area contributed by atoms with Gasteiger partial charge in [0, 0.05) is 6.54 Å². The first-order valence-corrected chi connectivity index (χ1v) is 6.11. The highest BCUT2D eigenvalue weighted by atomic mass is 19.1. The third-order valence-corrected chi connectivity index (χ3v) is 2.84. The minimum absolute atomic E-state index is 0.317. The molecule has 19 heavy (non-hydrogen) atoms. The van der Waals surface area contributed by atoms with Crippen LogP contribution in [-0.4, -0.2) is 9.78 Å². The fourth-order valence-electron chi connectivity index (χ4n) is 1.93. The molecule has 1 aromatic heterocycles. The smallest absolute Gasteiger partial charge is 0.147 e. The second-order valence-corrected chi connectivity index (χ2v) is 4.25. The zero-order chi connectivity index (χ0) is 13.8. The van der Waals surface area contributed by atoms with Crippen molar-refractivity contribution in [2.75, 3.05) is 5.32 Å². The summed E-state index contributed by atoms with van der Waals surface area (Å²) in [6, 6.07) is 8.27. The Balaban J connectivity index is 2.12. The molecule has 0 amide bonds. The second kappa shape index (κ2) is 5.53. The molecule has 1 N–H and O–H groups in total. The lowest BCUT2D eigenvalue weighted by atomic mass is 10.2. The van der Waals surface area contributed by atoms with Crippen molar-refractivity contribution in [2.24, 2.45) is 0 Å². The van der Waals surface area contributed by atoms with E-state index < -0.39 is 5.82 Å². The number of aromatic nitrogens is 2. The number of halogens is 1. The Morgan fingerprint density at radius 1 is 1.42 bits per heavy atom. The van der Waals surface area contributed by atoms with Crippen LogP contribution < -0.4 is 5.32 Å². The molecule has 98 valence electrons. The number of nitrogens with zero attached hydrogens (tertiary/aromatic N) is 3. The Hall–Kier alpha value is -2.35. The van der Waals surface area contributed by atoms with Gasteiger partial charge in [-0.25, -0.2) is 4.39 Å². The number of nitrogens with one attached hydrogen (secondary N) is 1. The molecule has 0 atom stereocenters. The van der Waals surface area contributed by atoms with E-state index in [0.717, 1.165) is 17.9 Å². The first kappa shape index (κ1) is 13.1. The maximum absolute atomic E-state index is 13.7. The van der Waals surface area contributed by atoms with E-state index in [0.29, 0.717) is 17.8 Å². The van der Waals surface area contributed by atoms with Crippen molar-refractivity contribution in [1.29, 1.82) is 5.26 Å². The number of anilines is 1. The molecule has 0 saturated carbocycles. The highest BCUT2D eigenvalue weighted by Gasteiger charge is 2.06. The third-order valence-electron chi connectivity index (χ3n) is 2.84. The molecular formula is C14H15FN4. The molecule has 0 saturated heterocycles. The molecular weight excluding hydrogens is 243 g/mol. The lowest BCUT2D eigenvalue weighted by Gasteiger charge is -2.09. The van der Waals surface area contributed by atoms with Gasteiger partial charge in [0.15, 0.2) is 0 Å². The molecule has 4 nitrogen and oxygen atoms in total. The van der Waals surface area contributed by atoms with Crippen LogP contribution in [0.4, 0.5) is 10.1 Å². The maximum atomic E-state index is 13.7. The largest absolute Gasteiger partial charge is 0.377 e. The van der Waals surface area contributed by atoms with Crippen molar-refractivity contribution in [3.63, 3.8) is 0 Å². The quantitative estimate of drug-likeness (QED) is 0.917. The molecule has 0 unspecified atom stereocenters. The topological polar surface area (TPSA) is 53.6 Å². The van der Waals surface area contributed by atoms with E-state index >= 15 is 0 Å². The number of hydrogen-bond acceptors (Lipinski definition) is 3. The zero-order valence-corrected chi connectivity index (χ0v) is 10.9. The van der Waals surface area contributed by atoms with E-state index in [-0.39, 0.29) is 0 Å². The van der Waals surface area contributed by atoms with Crippen molar-refractivity contribution in [1.82, 2.24) is 9.78 Å². The molecule has 0 aliphatic carbocycles. The molecule has 0 bridgehead atoms. The van der Waals surface area contributed by atoms with Crippen LogP contribution in [0.5, 0.6) is 0 Å². The van der Waals surface area contributed by atoms with Gasteiger partial charge in [-0.15, -0.1) is 0 Å². The van der Waals surface area contributed by atoms with Gasteiger partial charge in [0.25, 0.3) is 0 Å². The van der Waals surface area contributed by atoms with Crippen LogP contribution in [0.1, 0.15) is 23.9 Å². The van der Waals surface area contributed by atoms with Crippen LogP contribution in [0, 0.1) is 24.1 Å². The SMILES string of the molecule is CCn1nc(C)cc1CNc1ccc(C#N)cc1F. The molecule has 5 heteroatoms. The maximum Gasteiger partial charge on any atom is 0.147 e. The van der Waals surface area contributed by atoms with Gasteiger partial charge in [-0.05, 0) is 38.1 Å². The summed E-state index contributed by atoms with van der Waals surface area (Å²) in [5, 5.41) is 16.0. The zero-order valence-electron chi connectivity index (χ0n) is 10.9. The summed E-state index contributed by atoms with van der Waals surface area (Å²) >= 11 is 0. The Bertz CT molecular complexity index is 625. The van der Waals surface area contributed by atoms with E-state index in [1.165, 1.54) is 6.07 Å². The second-order valence-electron chi connectivity index (χ2n) is 4.25. The summed E-state index contributed by atoms with van der Waals surface area (Å²) in [6.45, 7) is 5.22. The number of benzene rings is 1. The number of aryl methyl sites for hydroxylation is 2. The summed E-state index contributed by atoms with van der Waals surface area (Å²) in [5.41, 5.74) is 2.65. The Morgan fingerprint density at radius 3 is 2.84 bits per heavy atom. The predicted octanol–water partition coefficient (Wildman–Crippen LogP) is 2.83. The van der Waals surface area contributed by atoms with E-state index in [1.54, 1.807) is 12.1 Å². The monoisotopic (exact) mass is 258 g/mol. The molecule has 0 fully saturated rings. The van der Waals surface area contributed by atoms with Gasteiger partial charge < -0.3 is 5.32 Å². The molecule has 0 aliphatic heterocycles. The van der Waals surface area contributed by atoms with Gasteiger partial charge in [0.2, 0.25) is 0 Å². The van der Waals surface area contributed by atoms with Crippen molar-refractivity contribution < 1.29 is 4.39 Å². The summed E-state index contributed by atoms with van der Waals surface area (Å²) in [4.78, 5) is 0. The summed E-state index contributed by atoms with van der Waals surface area (Å²) in [6.07, 6.45) is 0. The standard InChI is InChI=1S/C14H15FN4/c1-3-19-12(6-10(2)18-19)9-17-14-5-4-11(8-16)7-13(14)15/h4-7,17H,3,9H2,1-2H3. The minimum atomic E-state index is -0.418. The van der Waals surface area contributed by atoms with Gasteiger partial charge in [-0.2, -0.15) is 10.4 Å². The van der Waals surface area contributed by atoms with Crippen LogP contribution >= 0.6 is 0 Å². The van der Waals surface area contributed by atoms with E-state index in [9.17, 15) is 4.39 Å². The summed E-state index contributed by atoms with van der Waals surface area (Å²) < 4.78 is 15.6. The fourth-order valence-corrected chi connectivity index (χ4v) is 1.93. The Labute approximate surface area is 111 Å². The van der Waals surface area contributed by atoms with Gasteiger partial charge in [0.05, 0.1) is 35.3 Å². The molecule has 0 spiro atoms. The predicted molar refractivity (Wildman–Crippen MR) is 71.1 cm³/mol. The molecule has 1 aromatic carbocycles. The molecule has 1 heterocycles. The summed E-state index contributed by atoms with van der Waals surface area (Å²) in [7, 11) is 0. The highest BCUT2D eigenvalue weighted by molar-refractivity contribution is 5.48. The molecule has 0 aliphatic rings. The van der Waals surface area contributed by atoms with Crippen LogP contribution in [-0.2, 0) is 13.1 Å². The van der Waals surface area contributed by atoms with Crippen molar-refractivity contribution in [2.45, 2.75) is 26.9 Å². The fraction of sp³-hybridized carbons (Fsp3) is 0.286. The molecule has 2 rings (SSSR count). The van der Waals surface area contributed by atoms with Crippen molar-refractivity contribution >= 4 is 5.69 Å².